The fraction of sp³-hybridized carbons (Fsp3) is 0.273. The van der Waals surface area contributed by atoms with Crippen LogP contribution in [0.1, 0.15) is 5.56 Å². The smallest absolute Gasteiger partial charge is 0.194 e. The molecule has 1 N–H and O–H groups in total. The standard InChI is InChI=1S/C22H22N2O3/c25-21-17-6-2-1-5-16(17)20(22(26)19-8-4-3-7-18(19)21)15-23-9-10-24-11-13-27-14-12-24/h1-8,15,26H,9-14H2. The van der Waals surface area contributed by atoms with E-state index in [1.165, 1.54) is 0 Å². The minimum atomic E-state index is -0.0792. The third-order valence-corrected chi connectivity index (χ3v) is 5.01. The molecule has 1 heterocycles. The molecule has 0 aliphatic carbocycles. The molecule has 0 aromatic heterocycles. The molecular weight excluding hydrogens is 340 g/mol. The fourth-order valence-electron chi connectivity index (χ4n) is 3.53. The lowest BCUT2D eigenvalue weighted by molar-refractivity contribution is 0.0395. The maximum Gasteiger partial charge on any atom is 0.194 e. The van der Waals surface area contributed by atoms with Gasteiger partial charge in [-0.2, -0.15) is 0 Å². The van der Waals surface area contributed by atoms with E-state index in [-0.39, 0.29) is 11.2 Å². The molecule has 0 atom stereocenters. The number of aliphatic imine (C=N–C) groups is 1. The first-order valence-corrected chi connectivity index (χ1v) is 9.22. The first-order valence-electron chi connectivity index (χ1n) is 9.22. The van der Waals surface area contributed by atoms with E-state index in [0.717, 1.165) is 32.8 Å². The van der Waals surface area contributed by atoms with E-state index in [1.807, 2.05) is 30.3 Å². The second-order valence-electron chi connectivity index (χ2n) is 6.67. The minimum absolute atomic E-state index is 0.0792. The van der Waals surface area contributed by atoms with Crippen LogP contribution in [0.25, 0.3) is 21.5 Å². The van der Waals surface area contributed by atoms with Crippen LogP contribution in [0.3, 0.4) is 0 Å². The SMILES string of the molecule is O=c1c2ccccc2c(O)c(C=NCCN2CCOCC2)c2ccccc12. The summed E-state index contributed by atoms with van der Waals surface area (Å²) in [4.78, 5) is 19.8. The third-order valence-electron chi connectivity index (χ3n) is 5.01. The summed E-state index contributed by atoms with van der Waals surface area (Å²) in [5.74, 6) is 0.0963. The topological polar surface area (TPSA) is 62.1 Å². The van der Waals surface area contributed by atoms with E-state index in [1.54, 1.807) is 24.4 Å². The molecule has 1 saturated heterocycles. The van der Waals surface area contributed by atoms with Gasteiger partial charge in [-0.15, -0.1) is 0 Å². The molecule has 0 saturated carbocycles. The van der Waals surface area contributed by atoms with Crippen LogP contribution in [-0.4, -0.2) is 55.6 Å². The Morgan fingerprint density at radius 2 is 1.56 bits per heavy atom. The number of aromatic hydroxyl groups is 1. The lowest BCUT2D eigenvalue weighted by Gasteiger charge is -2.25. The van der Waals surface area contributed by atoms with Gasteiger partial charge >= 0.3 is 0 Å². The predicted octanol–water partition coefficient (Wildman–Crippen LogP) is 2.81. The van der Waals surface area contributed by atoms with Crippen LogP contribution in [0.5, 0.6) is 5.75 Å². The molecule has 5 heteroatoms. The first-order chi connectivity index (χ1) is 13.3. The lowest BCUT2D eigenvalue weighted by Crippen LogP contribution is -2.37. The summed E-state index contributed by atoms with van der Waals surface area (Å²) in [6.45, 7) is 4.87. The zero-order valence-electron chi connectivity index (χ0n) is 15.1. The van der Waals surface area contributed by atoms with Gasteiger partial charge in [0.1, 0.15) is 5.75 Å². The van der Waals surface area contributed by atoms with Crippen LogP contribution >= 0.6 is 0 Å². The van der Waals surface area contributed by atoms with Gasteiger partial charge in [0.15, 0.2) is 5.43 Å². The molecule has 3 aromatic carbocycles. The van der Waals surface area contributed by atoms with E-state index >= 15 is 0 Å². The molecule has 138 valence electrons. The molecule has 1 fully saturated rings. The van der Waals surface area contributed by atoms with Crippen LogP contribution in [0, 0.1) is 0 Å². The Morgan fingerprint density at radius 3 is 2.26 bits per heavy atom. The molecule has 0 spiro atoms. The monoisotopic (exact) mass is 362 g/mol. The van der Waals surface area contributed by atoms with Crippen molar-refractivity contribution in [3.05, 3.63) is 64.3 Å². The van der Waals surface area contributed by atoms with Crippen molar-refractivity contribution in [2.75, 3.05) is 39.4 Å². The van der Waals surface area contributed by atoms with E-state index in [4.69, 9.17) is 4.74 Å². The molecule has 0 radical (unpaired) electrons. The highest BCUT2D eigenvalue weighted by Crippen LogP contribution is 2.29. The Morgan fingerprint density at radius 1 is 0.963 bits per heavy atom. The van der Waals surface area contributed by atoms with Crippen LogP contribution in [0.4, 0.5) is 0 Å². The van der Waals surface area contributed by atoms with Gasteiger partial charge in [-0.1, -0.05) is 48.5 Å². The van der Waals surface area contributed by atoms with Gasteiger partial charge in [-0.05, 0) is 5.39 Å². The molecule has 3 aromatic rings. The lowest BCUT2D eigenvalue weighted by atomic mass is 10.1. The summed E-state index contributed by atoms with van der Waals surface area (Å²) in [6, 6.07) is 14.5. The Balaban J connectivity index is 1.76. The number of rotatable bonds is 4. The number of hydrogen-bond acceptors (Lipinski definition) is 5. The van der Waals surface area contributed by atoms with E-state index in [2.05, 4.69) is 9.89 Å². The molecule has 1 aliphatic rings. The summed E-state index contributed by atoms with van der Waals surface area (Å²) in [7, 11) is 0. The van der Waals surface area contributed by atoms with Crippen LogP contribution in [-0.2, 0) is 4.74 Å². The Labute approximate surface area is 157 Å². The van der Waals surface area contributed by atoms with Crippen molar-refractivity contribution < 1.29 is 9.84 Å². The van der Waals surface area contributed by atoms with Gasteiger partial charge in [0, 0.05) is 47.6 Å². The van der Waals surface area contributed by atoms with Crippen molar-refractivity contribution in [2.45, 2.75) is 0 Å². The number of ether oxygens (including phenoxy) is 1. The average Bonchev–Trinajstić information content (AvgIpc) is 2.81. The van der Waals surface area contributed by atoms with Crippen molar-refractivity contribution in [1.82, 2.24) is 4.90 Å². The predicted molar refractivity (Wildman–Crippen MR) is 109 cm³/mol. The zero-order valence-corrected chi connectivity index (χ0v) is 15.1. The van der Waals surface area contributed by atoms with Gasteiger partial charge in [0.05, 0.1) is 19.8 Å². The number of morpholine rings is 1. The highest BCUT2D eigenvalue weighted by Gasteiger charge is 2.12. The number of fused-ring (bicyclic) bond motifs is 2. The number of nitrogens with zero attached hydrogens (tertiary/aromatic N) is 2. The molecular formula is C22H22N2O3. The second kappa shape index (κ2) is 7.86. The molecule has 0 amide bonds. The van der Waals surface area contributed by atoms with Gasteiger partial charge in [0.2, 0.25) is 0 Å². The summed E-state index contributed by atoms with van der Waals surface area (Å²) >= 11 is 0. The summed E-state index contributed by atoms with van der Waals surface area (Å²) in [6.07, 6.45) is 1.70. The van der Waals surface area contributed by atoms with Crippen molar-refractivity contribution in [1.29, 1.82) is 0 Å². The average molecular weight is 362 g/mol. The maximum absolute atomic E-state index is 13.0. The van der Waals surface area contributed by atoms with Crippen LogP contribution in [0.15, 0.2) is 58.3 Å². The largest absolute Gasteiger partial charge is 0.507 e. The van der Waals surface area contributed by atoms with E-state index in [9.17, 15) is 9.90 Å². The van der Waals surface area contributed by atoms with Gasteiger partial charge in [0.25, 0.3) is 0 Å². The van der Waals surface area contributed by atoms with Crippen molar-refractivity contribution >= 4 is 27.8 Å². The van der Waals surface area contributed by atoms with Gasteiger partial charge < -0.3 is 9.84 Å². The van der Waals surface area contributed by atoms with Gasteiger partial charge in [-0.25, -0.2) is 0 Å². The van der Waals surface area contributed by atoms with Crippen molar-refractivity contribution in [3.63, 3.8) is 0 Å². The molecule has 27 heavy (non-hydrogen) atoms. The van der Waals surface area contributed by atoms with Crippen molar-refractivity contribution in [2.24, 2.45) is 4.99 Å². The highest BCUT2D eigenvalue weighted by molar-refractivity contribution is 6.08. The molecule has 0 unspecified atom stereocenters. The third kappa shape index (κ3) is 3.56. The fourth-order valence-corrected chi connectivity index (χ4v) is 3.53. The van der Waals surface area contributed by atoms with E-state index in [0.29, 0.717) is 33.7 Å². The Hall–Kier alpha value is -2.76. The Bertz CT molecular complexity index is 1060. The summed E-state index contributed by atoms with van der Waals surface area (Å²) in [5.41, 5.74) is 0.510. The highest BCUT2D eigenvalue weighted by atomic mass is 16.5. The zero-order chi connectivity index (χ0) is 18.6. The number of hydrogen-bond donors (Lipinski definition) is 1. The molecule has 4 rings (SSSR count). The van der Waals surface area contributed by atoms with Crippen LogP contribution in [0.2, 0.25) is 0 Å². The molecule has 0 bridgehead atoms. The summed E-state index contributed by atoms with van der Waals surface area (Å²) in [5, 5.41) is 13.3. The minimum Gasteiger partial charge on any atom is -0.507 e. The van der Waals surface area contributed by atoms with Crippen molar-refractivity contribution in [3.8, 4) is 5.75 Å². The Kier molecular flexibility index (Phi) is 5.14. The van der Waals surface area contributed by atoms with E-state index < -0.39 is 0 Å². The maximum atomic E-state index is 13.0. The van der Waals surface area contributed by atoms with Gasteiger partial charge in [-0.3, -0.25) is 14.7 Å². The number of benzene rings is 2. The second-order valence-corrected chi connectivity index (χ2v) is 6.67. The normalized spacial score (nSPS) is 15.7. The first kappa shape index (κ1) is 17.6. The van der Waals surface area contributed by atoms with Crippen LogP contribution < -0.4 is 5.43 Å². The molecule has 5 nitrogen and oxygen atoms in total. The summed E-state index contributed by atoms with van der Waals surface area (Å²) < 4.78 is 5.36. The quantitative estimate of drug-likeness (QED) is 0.725. The molecule has 1 aliphatic heterocycles.